The lowest BCUT2D eigenvalue weighted by atomic mass is 10.2. The minimum Gasteiger partial charge on any atom is -0.315 e. The van der Waals surface area contributed by atoms with E-state index in [4.69, 9.17) is 0 Å². The number of hydrogen-bond donors (Lipinski definition) is 3. The summed E-state index contributed by atoms with van der Waals surface area (Å²) in [5.41, 5.74) is 0. The molecule has 0 saturated heterocycles. The Hall–Kier alpha value is -2.43. The molecule has 0 aliphatic heterocycles. The fraction of sp³-hybridized carbons (Fsp3) is 0.333. The van der Waals surface area contributed by atoms with Gasteiger partial charge in [-0.3, -0.25) is 4.98 Å². The van der Waals surface area contributed by atoms with E-state index in [1.165, 1.54) is 0 Å². The highest BCUT2D eigenvalue weighted by atomic mass is 32.2. The molecule has 0 radical (unpaired) electrons. The average molecular weight is 361 g/mol. The Morgan fingerprint density at radius 2 is 2.12 bits per heavy atom. The number of aromatic nitrogens is 5. The van der Waals surface area contributed by atoms with Crippen molar-refractivity contribution in [3.05, 3.63) is 42.5 Å². The van der Waals surface area contributed by atoms with Crippen molar-refractivity contribution in [3.63, 3.8) is 0 Å². The second-order valence-corrected chi connectivity index (χ2v) is 7.40. The van der Waals surface area contributed by atoms with Crippen LogP contribution in [0.2, 0.25) is 0 Å². The molecule has 0 aliphatic carbocycles. The topological polar surface area (TPSA) is 126 Å². The first-order chi connectivity index (χ1) is 12.0. The summed E-state index contributed by atoms with van der Waals surface area (Å²) >= 11 is 0. The van der Waals surface area contributed by atoms with Crippen molar-refractivity contribution in [1.82, 2.24) is 35.6 Å². The summed E-state index contributed by atoms with van der Waals surface area (Å²) in [6.07, 6.45) is 3.96. The summed E-state index contributed by atoms with van der Waals surface area (Å²) < 4.78 is 27.7. The van der Waals surface area contributed by atoms with E-state index in [2.05, 4.69) is 35.6 Å². The van der Waals surface area contributed by atoms with Gasteiger partial charge in [0.2, 0.25) is 10.0 Å². The molecule has 132 valence electrons. The third-order valence-electron chi connectivity index (χ3n) is 3.64. The summed E-state index contributed by atoms with van der Waals surface area (Å²) in [5, 5.41) is 18.5. The largest absolute Gasteiger partial charge is 0.315 e. The summed E-state index contributed by atoms with van der Waals surface area (Å²) in [4.78, 5) is 4.27. The van der Waals surface area contributed by atoms with Gasteiger partial charge in [-0.2, -0.15) is 5.21 Å². The van der Waals surface area contributed by atoms with Crippen LogP contribution in [-0.2, 0) is 16.4 Å². The Morgan fingerprint density at radius 1 is 1.24 bits per heavy atom. The number of sulfonamides is 1. The van der Waals surface area contributed by atoms with Gasteiger partial charge in [-0.1, -0.05) is 11.3 Å². The van der Waals surface area contributed by atoms with Crippen molar-refractivity contribution in [3.8, 4) is 0 Å². The van der Waals surface area contributed by atoms with Crippen LogP contribution in [0.25, 0.3) is 10.8 Å². The Balaban J connectivity index is 1.56. The fourth-order valence-electron chi connectivity index (χ4n) is 2.41. The van der Waals surface area contributed by atoms with E-state index in [9.17, 15) is 8.42 Å². The molecule has 1 aromatic carbocycles. The second-order valence-electron chi connectivity index (χ2n) is 5.69. The molecule has 3 rings (SSSR count). The smallest absolute Gasteiger partial charge is 0.240 e. The van der Waals surface area contributed by atoms with E-state index in [1.807, 2.05) is 6.92 Å². The third kappa shape index (κ3) is 4.56. The number of aromatic amines is 1. The first-order valence-electron chi connectivity index (χ1n) is 7.84. The van der Waals surface area contributed by atoms with Gasteiger partial charge in [0, 0.05) is 43.3 Å². The Bertz CT molecular complexity index is 928. The Labute approximate surface area is 145 Å². The quantitative estimate of drug-likeness (QED) is 0.491. The van der Waals surface area contributed by atoms with Crippen LogP contribution in [0.5, 0.6) is 0 Å². The molecule has 9 nitrogen and oxygen atoms in total. The molecule has 0 saturated carbocycles. The van der Waals surface area contributed by atoms with Crippen LogP contribution < -0.4 is 10.0 Å². The van der Waals surface area contributed by atoms with E-state index < -0.39 is 10.0 Å². The zero-order valence-corrected chi connectivity index (χ0v) is 14.5. The van der Waals surface area contributed by atoms with Crippen molar-refractivity contribution in [2.45, 2.75) is 24.3 Å². The lowest BCUT2D eigenvalue weighted by Gasteiger charge is -2.15. The minimum absolute atomic E-state index is 0.241. The van der Waals surface area contributed by atoms with Gasteiger partial charge in [0.1, 0.15) is 0 Å². The fourth-order valence-corrected chi connectivity index (χ4v) is 3.69. The van der Waals surface area contributed by atoms with Crippen molar-refractivity contribution in [1.29, 1.82) is 0 Å². The molecule has 0 unspecified atom stereocenters. The zero-order chi connectivity index (χ0) is 17.7. The highest BCUT2D eigenvalue weighted by Gasteiger charge is 2.17. The highest BCUT2D eigenvalue weighted by Crippen LogP contribution is 2.18. The monoisotopic (exact) mass is 361 g/mol. The molecule has 2 heterocycles. The predicted octanol–water partition coefficient (Wildman–Crippen LogP) is 0.247. The molecule has 10 heteroatoms. The number of pyridine rings is 1. The third-order valence-corrected chi connectivity index (χ3v) is 5.23. The van der Waals surface area contributed by atoms with Crippen molar-refractivity contribution in [2.24, 2.45) is 0 Å². The van der Waals surface area contributed by atoms with Crippen LogP contribution in [0.1, 0.15) is 12.7 Å². The van der Waals surface area contributed by atoms with E-state index in [0.29, 0.717) is 25.3 Å². The minimum atomic E-state index is -3.58. The maximum atomic E-state index is 12.5. The van der Waals surface area contributed by atoms with Crippen LogP contribution in [0.3, 0.4) is 0 Å². The summed E-state index contributed by atoms with van der Waals surface area (Å²) in [6, 6.07) is 6.52. The van der Waals surface area contributed by atoms with Gasteiger partial charge in [-0.05, 0) is 30.5 Å². The van der Waals surface area contributed by atoms with Crippen LogP contribution in [0, 0.1) is 0 Å². The van der Waals surface area contributed by atoms with Crippen LogP contribution in [0.4, 0.5) is 0 Å². The van der Waals surface area contributed by atoms with Crippen LogP contribution >= 0.6 is 0 Å². The molecule has 2 aromatic heterocycles. The first kappa shape index (κ1) is 17.4. The molecule has 0 fully saturated rings. The molecule has 3 N–H and O–H groups in total. The van der Waals surface area contributed by atoms with Crippen LogP contribution in [0.15, 0.2) is 41.6 Å². The number of H-pyrrole nitrogens is 1. The first-order valence-corrected chi connectivity index (χ1v) is 9.32. The number of hydrogen-bond acceptors (Lipinski definition) is 7. The standard InChI is InChI=1S/C15H19N7O2S/c1-11(9-16-7-5-15-18-21-22-19-15)20-25(23,24)14-3-2-13-10-17-6-4-12(13)8-14/h2-4,6,8,10-11,16,20H,5,7,9H2,1H3,(H,18,19,21,22)/t11-/m1/s1. The van der Waals surface area contributed by atoms with Gasteiger partial charge in [-0.15, -0.1) is 10.2 Å². The van der Waals surface area contributed by atoms with Crippen LogP contribution in [-0.4, -0.2) is 53.2 Å². The van der Waals surface area contributed by atoms with Gasteiger partial charge >= 0.3 is 0 Å². The lowest BCUT2D eigenvalue weighted by molar-refractivity contribution is 0.536. The molecule has 0 spiro atoms. The highest BCUT2D eigenvalue weighted by molar-refractivity contribution is 7.89. The Morgan fingerprint density at radius 3 is 2.92 bits per heavy atom. The van der Waals surface area contributed by atoms with Gasteiger partial charge in [0.15, 0.2) is 5.82 Å². The van der Waals surface area contributed by atoms with Crippen molar-refractivity contribution >= 4 is 20.8 Å². The van der Waals surface area contributed by atoms with Gasteiger partial charge in [-0.25, -0.2) is 13.1 Å². The van der Waals surface area contributed by atoms with Gasteiger partial charge < -0.3 is 5.32 Å². The average Bonchev–Trinajstić information content (AvgIpc) is 3.11. The summed E-state index contributed by atoms with van der Waals surface area (Å²) in [6.45, 7) is 2.94. The second kappa shape index (κ2) is 7.64. The molecule has 3 aromatic rings. The number of rotatable bonds is 8. The van der Waals surface area contributed by atoms with E-state index in [1.54, 1.807) is 36.7 Å². The lowest BCUT2D eigenvalue weighted by Crippen LogP contribution is -2.40. The summed E-state index contributed by atoms with van der Waals surface area (Å²) in [5.74, 6) is 0.617. The normalized spacial score (nSPS) is 13.2. The number of tetrazole rings is 1. The number of fused-ring (bicyclic) bond motifs is 1. The molecular weight excluding hydrogens is 342 g/mol. The van der Waals surface area contributed by atoms with E-state index in [-0.39, 0.29) is 10.9 Å². The molecule has 1 atom stereocenters. The molecule has 0 amide bonds. The molecule has 25 heavy (non-hydrogen) atoms. The van der Waals surface area contributed by atoms with E-state index >= 15 is 0 Å². The molecule has 0 bridgehead atoms. The maximum absolute atomic E-state index is 12.5. The number of nitrogens with zero attached hydrogens (tertiary/aromatic N) is 4. The van der Waals surface area contributed by atoms with Gasteiger partial charge in [0.05, 0.1) is 4.90 Å². The van der Waals surface area contributed by atoms with Crippen molar-refractivity contribution in [2.75, 3.05) is 13.1 Å². The predicted molar refractivity (Wildman–Crippen MR) is 92.3 cm³/mol. The van der Waals surface area contributed by atoms with E-state index in [0.717, 1.165) is 10.8 Å². The zero-order valence-electron chi connectivity index (χ0n) is 13.7. The number of nitrogens with one attached hydrogen (secondary N) is 3. The van der Waals surface area contributed by atoms with Crippen molar-refractivity contribution < 1.29 is 8.42 Å². The number of benzene rings is 1. The molecule has 0 aliphatic rings. The SMILES string of the molecule is C[C@H](CNCCc1nn[nH]n1)NS(=O)(=O)c1ccc2cnccc2c1. The molecular formula is C15H19N7O2S. The summed E-state index contributed by atoms with van der Waals surface area (Å²) in [7, 11) is -3.58. The maximum Gasteiger partial charge on any atom is 0.240 e. The van der Waals surface area contributed by atoms with Gasteiger partial charge in [0.25, 0.3) is 0 Å². The Kier molecular flexibility index (Phi) is 5.31.